The highest BCUT2D eigenvalue weighted by Crippen LogP contribution is 2.45. The number of carbonyl (C=O) groups is 4. The molecule has 0 bridgehead atoms. The molecule has 0 aliphatic heterocycles. The minimum Gasteiger partial charge on any atom is -0.462 e. The lowest BCUT2D eigenvalue weighted by Gasteiger charge is -2.21. The fraction of sp³-hybridized carbons (Fsp3) is 0.951. The summed E-state index contributed by atoms with van der Waals surface area (Å²) in [7, 11) is -9.92. The van der Waals surface area contributed by atoms with Gasteiger partial charge in [0.2, 0.25) is 0 Å². The van der Waals surface area contributed by atoms with Crippen molar-refractivity contribution < 1.29 is 80.2 Å². The number of hydrogen-bond acceptors (Lipinski definition) is 15. The molecule has 5 atom stereocenters. The number of unbranched alkanes of at least 4 members (excludes halogenated alkanes) is 44. The molecule has 0 spiro atoms. The minimum atomic E-state index is -4.96. The van der Waals surface area contributed by atoms with Crippen LogP contribution in [0.15, 0.2) is 0 Å². The van der Waals surface area contributed by atoms with Crippen molar-refractivity contribution >= 4 is 39.5 Å². The third kappa shape index (κ3) is 74.3. The van der Waals surface area contributed by atoms with Crippen LogP contribution in [0.5, 0.6) is 0 Å². The van der Waals surface area contributed by atoms with Gasteiger partial charge in [-0.05, 0) is 49.4 Å². The van der Waals surface area contributed by atoms with E-state index in [1.807, 2.05) is 0 Å². The van der Waals surface area contributed by atoms with Gasteiger partial charge in [-0.2, -0.15) is 0 Å². The van der Waals surface area contributed by atoms with Crippen LogP contribution in [0.25, 0.3) is 0 Å². The highest BCUT2D eigenvalue weighted by molar-refractivity contribution is 7.47. The number of aliphatic hydroxyl groups excluding tert-OH is 1. The molecule has 0 saturated heterocycles. The minimum absolute atomic E-state index is 0.107. The lowest BCUT2D eigenvalue weighted by atomic mass is 10.0. The van der Waals surface area contributed by atoms with Crippen LogP contribution in [0.1, 0.15) is 415 Å². The zero-order valence-electron chi connectivity index (χ0n) is 65.8. The summed E-state index contributed by atoms with van der Waals surface area (Å²) in [6.07, 6.45) is 56.9. The van der Waals surface area contributed by atoms with Crippen molar-refractivity contribution in [1.29, 1.82) is 0 Å². The standard InChI is InChI=1S/C81H158O17P2/c1-71(2)57-49-41-33-26-20-14-10-9-11-17-24-30-38-47-55-63-81(86)98-77(68-92-79(84)62-54-46-40-32-36-44-52-60-74(7)8)70-96-100(89,90)94-66-75(82)65-93-99(87,88)95-69-76(97-80(85)64-56-48-39-31-25-19-13-16-22-28-35-43-51-59-73(5)6)67-91-78(83)61-53-45-37-29-23-18-12-15-21-27-34-42-50-58-72(3)4/h71-77,82H,9-70H2,1-8H3,(H,87,88)(H,89,90)/t75?,76-,77-/m1/s1. The van der Waals surface area contributed by atoms with Crippen LogP contribution in [0.4, 0.5) is 0 Å². The summed E-state index contributed by atoms with van der Waals surface area (Å²) in [5.41, 5.74) is 0. The molecule has 0 aliphatic carbocycles. The molecular weight excluding hydrogens is 1310 g/mol. The van der Waals surface area contributed by atoms with E-state index in [9.17, 15) is 43.2 Å². The molecule has 19 heteroatoms. The number of esters is 4. The van der Waals surface area contributed by atoms with Gasteiger partial charge in [0.1, 0.15) is 19.3 Å². The Balaban J connectivity index is 5.24. The summed E-state index contributed by atoms with van der Waals surface area (Å²) < 4.78 is 68.7. The van der Waals surface area contributed by atoms with E-state index in [1.54, 1.807) is 0 Å². The van der Waals surface area contributed by atoms with Crippen molar-refractivity contribution in [3.63, 3.8) is 0 Å². The maximum atomic E-state index is 13.1. The lowest BCUT2D eigenvalue weighted by Crippen LogP contribution is -2.30. The average molecular weight is 1470 g/mol. The van der Waals surface area contributed by atoms with Crippen LogP contribution in [0.3, 0.4) is 0 Å². The quantitative estimate of drug-likeness (QED) is 0.0222. The number of phosphoric ester groups is 2. The van der Waals surface area contributed by atoms with Crippen molar-refractivity contribution in [2.75, 3.05) is 39.6 Å². The Labute approximate surface area is 613 Å². The van der Waals surface area contributed by atoms with E-state index >= 15 is 0 Å². The molecule has 3 N–H and O–H groups in total. The smallest absolute Gasteiger partial charge is 0.462 e. The molecule has 0 radical (unpaired) electrons. The first-order valence-corrected chi connectivity index (χ1v) is 44.7. The summed E-state index contributed by atoms with van der Waals surface area (Å²) in [5.74, 6) is 0.971. The number of phosphoric acid groups is 2. The molecule has 0 aromatic heterocycles. The molecule has 0 rings (SSSR count). The molecule has 0 amide bonds. The van der Waals surface area contributed by atoms with Crippen LogP contribution >= 0.6 is 15.6 Å². The molecule has 0 fully saturated rings. The SMILES string of the molecule is CC(C)CCCCCCCCCCCCCCCCCC(=O)O[C@H](COC(=O)CCCCCCCCCC(C)C)COP(=O)(O)OCC(O)COP(=O)(O)OC[C@@H](COC(=O)CCCCCCCCCCCCCCCC(C)C)OC(=O)CCCCCCCCCCCCCCCC(C)C. The van der Waals surface area contributed by atoms with E-state index in [4.69, 9.17) is 37.0 Å². The first-order valence-electron chi connectivity index (χ1n) is 41.7. The van der Waals surface area contributed by atoms with Gasteiger partial charge in [0.25, 0.3) is 0 Å². The van der Waals surface area contributed by atoms with Gasteiger partial charge < -0.3 is 33.8 Å². The number of hydrogen-bond donors (Lipinski definition) is 3. The van der Waals surface area contributed by atoms with Crippen LogP contribution in [-0.2, 0) is 65.4 Å². The summed E-state index contributed by atoms with van der Waals surface area (Å²) >= 11 is 0. The lowest BCUT2D eigenvalue weighted by molar-refractivity contribution is -0.161. The molecule has 594 valence electrons. The fourth-order valence-corrected chi connectivity index (χ4v) is 14.0. The zero-order valence-corrected chi connectivity index (χ0v) is 67.6. The van der Waals surface area contributed by atoms with Crippen LogP contribution in [-0.4, -0.2) is 96.7 Å². The second kappa shape index (κ2) is 70.1. The van der Waals surface area contributed by atoms with Gasteiger partial charge in [0.15, 0.2) is 12.2 Å². The highest BCUT2D eigenvalue weighted by atomic mass is 31.2. The molecular formula is C81H158O17P2. The number of ether oxygens (including phenoxy) is 4. The van der Waals surface area contributed by atoms with E-state index in [1.165, 1.54) is 212 Å². The fourth-order valence-electron chi connectivity index (χ4n) is 12.4. The van der Waals surface area contributed by atoms with Gasteiger partial charge in [-0.3, -0.25) is 37.3 Å². The second-order valence-corrected chi connectivity index (χ2v) is 34.0. The number of aliphatic hydroxyl groups is 1. The number of rotatable bonds is 78. The molecule has 0 heterocycles. The second-order valence-electron chi connectivity index (χ2n) is 31.1. The summed E-state index contributed by atoms with van der Waals surface area (Å²) in [6.45, 7) is 14.3. The Bertz CT molecular complexity index is 1950. The molecule has 0 aromatic carbocycles. The van der Waals surface area contributed by atoms with Gasteiger partial charge in [0.05, 0.1) is 26.4 Å². The third-order valence-electron chi connectivity index (χ3n) is 18.8. The molecule has 100 heavy (non-hydrogen) atoms. The van der Waals surface area contributed by atoms with Crippen molar-refractivity contribution in [3.05, 3.63) is 0 Å². The zero-order chi connectivity index (χ0) is 73.8. The van der Waals surface area contributed by atoms with Gasteiger partial charge in [-0.1, -0.05) is 364 Å². The Hall–Kier alpha value is -1.94. The maximum absolute atomic E-state index is 13.1. The molecule has 3 unspecified atom stereocenters. The van der Waals surface area contributed by atoms with E-state index in [0.29, 0.717) is 31.6 Å². The van der Waals surface area contributed by atoms with Gasteiger partial charge >= 0.3 is 39.5 Å². The summed E-state index contributed by atoms with van der Waals surface area (Å²) in [6, 6.07) is 0. The largest absolute Gasteiger partial charge is 0.472 e. The first kappa shape index (κ1) is 98.1. The molecule has 0 aliphatic rings. The molecule has 0 aromatic rings. The summed E-state index contributed by atoms with van der Waals surface area (Å²) in [4.78, 5) is 73.0. The van der Waals surface area contributed by atoms with Crippen molar-refractivity contribution in [1.82, 2.24) is 0 Å². The van der Waals surface area contributed by atoms with E-state index in [-0.39, 0.29) is 25.7 Å². The Morgan fingerprint density at radius 1 is 0.250 bits per heavy atom. The monoisotopic (exact) mass is 1470 g/mol. The van der Waals surface area contributed by atoms with Crippen molar-refractivity contribution in [2.24, 2.45) is 23.7 Å². The van der Waals surface area contributed by atoms with Gasteiger partial charge in [0, 0.05) is 25.7 Å². The van der Waals surface area contributed by atoms with Crippen LogP contribution < -0.4 is 0 Å². The topological polar surface area (TPSA) is 237 Å². The average Bonchev–Trinajstić information content (AvgIpc) is 1.06. The predicted molar refractivity (Wildman–Crippen MR) is 409 cm³/mol. The van der Waals surface area contributed by atoms with Crippen LogP contribution in [0, 0.1) is 23.7 Å². The molecule has 0 saturated carbocycles. The van der Waals surface area contributed by atoms with Crippen molar-refractivity contribution in [3.8, 4) is 0 Å². The Morgan fingerprint density at radius 3 is 0.620 bits per heavy atom. The van der Waals surface area contributed by atoms with E-state index in [0.717, 1.165) is 114 Å². The van der Waals surface area contributed by atoms with Crippen LogP contribution in [0.2, 0.25) is 0 Å². The molecule has 17 nitrogen and oxygen atoms in total. The first-order chi connectivity index (χ1) is 48.1. The van der Waals surface area contributed by atoms with Gasteiger partial charge in [-0.15, -0.1) is 0 Å². The van der Waals surface area contributed by atoms with Crippen molar-refractivity contribution in [2.45, 2.75) is 433 Å². The summed E-state index contributed by atoms with van der Waals surface area (Å²) in [5, 5.41) is 10.6. The van der Waals surface area contributed by atoms with E-state index in [2.05, 4.69) is 55.4 Å². The Morgan fingerprint density at radius 2 is 0.420 bits per heavy atom. The van der Waals surface area contributed by atoms with E-state index < -0.39 is 97.5 Å². The predicted octanol–water partition coefficient (Wildman–Crippen LogP) is 24.0. The Kier molecular flexibility index (Phi) is 68.7. The highest BCUT2D eigenvalue weighted by Gasteiger charge is 2.30. The number of carbonyl (C=O) groups excluding carboxylic acids is 4. The normalized spacial score (nSPS) is 14.0. The third-order valence-corrected chi connectivity index (χ3v) is 20.7. The van der Waals surface area contributed by atoms with Gasteiger partial charge in [-0.25, -0.2) is 9.13 Å². The maximum Gasteiger partial charge on any atom is 0.472 e.